The Morgan fingerprint density at radius 1 is 1.36 bits per heavy atom. The van der Waals surface area contributed by atoms with E-state index in [1.54, 1.807) is 0 Å². The fraction of sp³-hybridized carbons (Fsp3) is 1.00. The van der Waals surface area contributed by atoms with Gasteiger partial charge in [0, 0.05) is 16.4 Å². The molecule has 0 aliphatic carbocycles. The van der Waals surface area contributed by atoms with Gasteiger partial charge in [-0.05, 0) is 17.5 Å². The molecule has 7 nitrogen and oxygen atoms in total. The number of rotatable bonds is 3. The minimum Gasteiger partial charge on any atom is -0.377 e. The van der Waals surface area contributed by atoms with Gasteiger partial charge >= 0.3 is 0 Å². The molecule has 7 heteroatoms. The summed E-state index contributed by atoms with van der Waals surface area (Å²) in [7, 11) is 0. The number of hydrogen-bond acceptors (Lipinski definition) is 3. The lowest BCUT2D eigenvalue weighted by molar-refractivity contribution is -0.0629. The molecule has 1 saturated heterocycles. The van der Waals surface area contributed by atoms with E-state index in [0.717, 1.165) is 6.42 Å². The molecule has 0 saturated carbocycles. The summed E-state index contributed by atoms with van der Waals surface area (Å²) in [5, 5.41) is 6.54. The summed E-state index contributed by atoms with van der Waals surface area (Å²) in [5.74, 6) is 0. The van der Waals surface area contributed by atoms with Gasteiger partial charge in [0.1, 0.15) is 6.17 Å². The Kier molecular flexibility index (Phi) is 2.57. The van der Waals surface area contributed by atoms with Crippen molar-refractivity contribution < 1.29 is 4.74 Å². The van der Waals surface area contributed by atoms with Gasteiger partial charge in [-0.3, -0.25) is 0 Å². The predicted molar refractivity (Wildman–Crippen MR) is 36.4 cm³/mol. The van der Waals surface area contributed by atoms with Crippen molar-refractivity contribution in [2.24, 2.45) is 10.2 Å². The van der Waals surface area contributed by atoms with E-state index in [2.05, 4.69) is 20.1 Å². The lowest BCUT2D eigenvalue weighted by atomic mass is 10.1. The van der Waals surface area contributed by atoms with E-state index < -0.39 is 6.17 Å². The van der Waals surface area contributed by atoms with Crippen LogP contribution in [-0.4, -0.2) is 18.9 Å². The smallest absolute Gasteiger partial charge is 0.142 e. The molecule has 1 atom stereocenters. The molecule has 1 heterocycles. The fourth-order valence-electron chi connectivity index (χ4n) is 0.767. The third kappa shape index (κ3) is 1.75. The van der Waals surface area contributed by atoms with Crippen LogP contribution in [0.4, 0.5) is 0 Å². The lowest BCUT2D eigenvalue weighted by Gasteiger charge is -2.28. The summed E-state index contributed by atoms with van der Waals surface area (Å²) < 4.78 is 4.97. The Labute approximate surface area is 62.2 Å². The van der Waals surface area contributed by atoms with Gasteiger partial charge in [-0.15, -0.1) is 0 Å². The molecule has 1 aliphatic heterocycles. The van der Waals surface area contributed by atoms with Gasteiger partial charge in [-0.1, -0.05) is 10.2 Å². The van der Waals surface area contributed by atoms with E-state index in [1.165, 1.54) is 0 Å². The van der Waals surface area contributed by atoms with Gasteiger partial charge in [0.05, 0.1) is 6.10 Å². The Balaban J connectivity index is 2.57. The Morgan fingerprint density at radius 2 is 1.91 bits per heavy atom. The lowest BCUT2D eigenvalue weighted by Crippen LogP contribution is -2.35. The zero-order chi connectivity index (χ0) is 8.10. The van der Waals surface area contributed by atoms with Crippen molar-refractivity contribution in [1.29, 1.82) is 0 Å². The monoisotopic (exact) mass is 154 g/mol. The van der Waals surface area contributed by atoms with Crippen LogP contribution in [0.15, 0.2) is 10.2 Å². The van der Waals surface area contributed by atoms with Crippen molar-refractivity contribution in [3.63, 3.8) is 0 Å². The summed E-state index contributed by atoms with van der Waals surface area (Å²) >= 11 is 0. The molecule has 11 heavy (non-hydrogen) atoms. The average Bonchev–Trinajstić information content (AvgIpc) is 1.85. The van der Waals surface area contributed by atoms with Gasteiger partial charge < -0.3 is 4.74 Å². The average molecular weight is 154 g/mol. The molecule has 1 unspecified atom stereocenters. The standard InChI is InChI=1S/C4H6N6O/c5-9-7-4(8-10-6)3-1-2-11-3/h3-4H,1-2H2. The second kappa shape index (κ2) is 3.68. The van der Waals surface area contributed by atoms with E-state index in [4.69, 9.17) is 15.8 Å². The highest BCUT2D eigenvalue weighted by molar-refractivity contribution is 4.80. The van der Waals surface area contributed by atoms with Crippen LogP contribution in [0.3, 0.4) is 0 Å². The molecule has 0 spiro atoms. The van der Waals surface area contributed by atoms with Crippen LogP contribution in [0.2, 0.25) is 0 Å². The minimum absolute atomic E-state index is 0.221. The van der Waals surface area contributed by atoms with E-state index in [9.17, 15) is 0 Å². The van der Waals surface area contributed by atoms with Crippen LogP contribution >= 0.6 is 0 Å². The van der Waals surface area contributed by atoms with Crippen molar-refractivity contribution in [2.75, 3.05) is 6.61 Å². The quantitative estimate of drug-likeness (QED) is 0.344. The zero-order valence-corrected chi connectivity index (χ0v) is 5.66. The summed E-state index contributed by atoms with van der Waals surface area (Å²) in [4.78, 5) is 5.08. The summed E-state index contributed by atoms with van der Waals surface area (Å²) in [6.07, 6.45) is -0.163. The van der Waals surface area contributed by atoms with Crippen molar-refractivity contribution in [2.45, 2.75) is 18.7 Å². The maximum Gasteiger partial charge on any atom is 0.142 e. The van der Waals surface area contributed by atoms with Gasteiger partial charge in [0.15, 0.2) is 0 Å². The Bertz CT molecular complexity index is 205. The van der Waals surface area contributed by atoms with Crippen LogP contribution in [-0.2, 0) is 4.74 Å². The molecule has 0 aromatic rings. The third-order valence-electron chi connectivity index (χ3n) is 1.41. The first-order chi connectivity index (χ1) is 5.38. The Hall–Kier alpha value is -1.42. The molecule has 0 radical (unpaired) electrons. The number of hydrogen-bond donors (Lipinski definition) is 0. The minimum atomic E-state index is -0.723. The van der Waals surface area contributed by atoms with Crippen LogP contribution in [0.5, 0.6) is 0 Å². The highest BCUT2D eigenvalue weighted by Gasteiger charge is 2.26. The second-order valence-corrected chi connectivity index (χ2v) is 2.02. The second-order valence-electron chi connectivity index (χ2n) is 2.02. The molecular weight excluding hydrogens is 148 g/mol. The van der Waals surface area contributed by atoms with Crippen LogP contribution < -0.4 is 0 Å². The van der Waals surface area contributed by atoms with E-state index in [-0.39, 0.29) is 6.10 Å². The first kappa shape index (κ1) is 7.68. The fourth-order valence-corrected chi connectivity index (χ4v) is 0.767. The number of nitrogens with zero attached hydrogens (tertiary/aromatic N) is 6. The van der Waals surface area contributed by atoms with Gasteiger partial charge in [-0.25, -0.2) is 0 Å². The van der Waals surface area contributed by atoms with Gasteiger partial charge in [0.2, 0.25) is 0 Å². The van der Waals surface area contributed by atoms with Gasteiger partial charge in [0.25, 0.3) is 0 Å². The molecule has 0 aromatic carbocycles. The van der Waals surface area contributed by atoms with Crippen molar-refractivity contribution >= 4 is 0 Å². The Morgan fingerprint density at radius 3 is 2.18 bits per heavy atom. The SMILES string of the molecule is [N-]=[N+]=NC(N=[N+]=[N-])C1CCO1. The molecular formula is C4H6N6O. The number of ether oxygens (including phenoxy) is 1. The third-order valence-corrected chi connectivity index (χ3v) is 1.41. The predicted octanol–water partition coefficient (Wildman–Crippen LogP) is 1.72. The zero-order valence-electron chi connectivity index (χ0n) is 5.66. The first-order valence-electron chi connectivity index (χ1n) is 3.08. The van der Waals surface area contributed by atoms with Crippen LogP contribution in [0.25, 0.3) is 20.9 Å². The molecule has 1 rings (SSSR count). The van der Waals surface area contributed by atoms with E-state index >= 15 is 0 Å². The van der Waals surface area contributed by atoms with Crippen molar-refractivity contribution in [3.8, 4) is 0 Å². The van der Waals surface area contributed by atoms with Crippen LogP contribution in [0, 0.1) is 0 Å². The molecule has 0 N–H and O–H groups in total. The maximum absolute atomic E-state index is 8.05. The molecule has 1 fully saturated rings. The molecule has 1 aliphatic rings. The first-order valence-corrected chi connectivity index (χ1v) is 3.08. The maximum atomic E-state index is 8.05. The van der Waals surface area contributed by atoms with Crippen molar-refractivity contribution in [3.05, 3.63) is 20.9 Å². The van der Waals surface area contributed by atoms with E-state index in [0.29, 0.717) is 6.61 Å². The van der Waals surface area contributed by atoms with Crippen molar-refractivity contribution in [1.82, 2.24) is 0 Å². The molecule has 0 bridgehead atoms. The summed E-state index contributed by atoms with van der Waals surface area (Å²) in [6, 6.07) is 0. The highest BCUT2D eigenvalue weighted by atomic mass is 16.5. The molecule has 0 aromatic heterocycles. The topological polar surface area (TPSA) is 107 Å². The molecule has 58 valence electrons. The highest BCUT2D eigenvalue weighted by Crippen LogP contribution is 2.18. The number of azide groups is 1. The van der Waals surface area contributed by atoms with Gasteiger partial charge in [-0.2, -0.15) is 0 Å². The normalized spacial score (nSPS) is 23.8. The summed E-state index contributed by atoms with van der Waals surface area (Å²) in [6.45, 7) is 0.642. The van der Waals surface area contributed by atoms with Crippen LogP contribution in [0.1, 0.15) is 6.42 Å². The largest absolute Gasteiger partial charge is 0.377 e. The summed E-state index contributed by atoms with van der Waals surface area (Å²) in [5.41, 5.74) is 16.1. The van der Waals surface area contributed by atoms with E-state index in [1.807, 2.05) is 0 Å². The molecule has 0 amide bonds.